The van der Waals surface area contributed by atoms with Crippen LogP contribution in [0.3, 0.4) is 0 Å². The average molecular weight is 341 g/mol. The lowest BCUT2D eigenvalue weighted by Crippen LogP contribution is -2.11. The van der Waals surface area contributed by atoms with Gasteiger partial charge in [-0.1, -0.05) is 11.6 Å². The fraction of sp³-hybridized carbons (Fsp3) is 0.0714. The van der Waals surface area contributed by atoms with E-state index in [0.717, 1.165) is 4.47 Å². The number of rotatable bonds is 2. The minimum atomic E-state index is -0.249. The van der Waals surface area contributed by atoms with Gasteiger partial charge in [-0.2, -0.15) is 0 Å². The molecule has 2 rings (SSSR count). The molecular weight excluding hydrogens is 330 g/mol. The molecule has 0 saturated carbocycles. The first-order valence-electron chi connectivity index (χ1n) is 5.53. The molecule has 0 radical (unpaired) electrons. The summed E-state index contributed by atoms with van der Waals surface area (Å²) in [7, 11) is 0. The summed E-state index contributed by atoms with van der Waals surface area (Å²) in [4.78, 5) is 12.0. The van der Waals surface area contributed by atoms with E-state index in [2.05, 4.69) is 21.2 Å². The van der Waals surface area contributed by atoms with Crippen LogP contribution in [-0.2, 0) is 0 Å². The molecule has 3 nitrogen and oxygen atoms in total. The number of nitrogens with one attached hydrogen (secondary N) is 1. The first-order chi connectivity index (χ1) is 8.97. The van der Waals surface area contributed by atoms with Crippen molar-refractivity contribution >= 4 is 39.1 Å². The highest BCUT2D eigenvalue weighted by molar-refractivity contribution is 9.10. The molecule has 0 saturated heterocycles. The lowest BCUT2D eigenvalue weighted by Gasteiger charge is -2.07. The van der Waals surface area contributed by atoms with Gasteiger partial charge in [0.1, 0.15) is 5.75 Å². The number of amides is 1. The second-order valence-corrected chi connectivity index (χ2v) is 5.35. The summed E-state index contributed by atoms with van der Waals surface area (Å²) in [6.45, 7) is 1.74. The van der Waals surface area contributed by atoms with Crippen LogP contribution in [0.4, 0.5) is 5.69 Å². The zero-order valence-electron chi connectivity index (χ0n) is 10.1. The number of benzene rings is 2. The van der Waals surface area contributed by atoms with Crippen LogP contribution in [0.1, 0.15) is 15.9 Å². The molecule has 5 heteroatoms. The molecule has 0 heterocycles. The van der Waals surface area contributed by atoms with Crippen molar-refractivity contribution in [1.82, 2.24) is 0 Å². The van der Waals surface area contributed by atoms with E-state index < -0.39 is 0 Å². The first-order valence-corrected chi connectivity index (χ1v) is 6.70. The Bertz CT molecular complexity index is 643. The maximum atomic E-state index is 12.0. The number of aromatic hydroxyl groups is 1. The van der Waals surface area contributed by atoms with E-state index in [4.69, 9.17) is 11.6 Å². The zero-order chi connectivity index (χ0) is 14.0. The van der Waals surface area contributed by atoms with Crippen LogP contribution < -0.4 is 5.32 Å². The van der Waals surface area contributed by atoms with E-state index in [9.17, 15) is 9.90 Å². The van der Waals surface area contributed by atoms with Crippen molar-refractivity contribution in [3.63, 3.8) is 0 Å². The molecule has 0 aromatic heterocycles. The summed E-state index contributed by atoms with van der Waals surface area (Å²) < 4.78 is 0.771. The molecule has 19 heavy (non-hydrogen) atoms. The molecule has 0 aliphatic heterocycles. The highest BCUT2D eigenvalue weighted by Gasteiger charge is 2.08. The Balaban J connectivity index is 2.20. The van der Waals surface area contributed by atoms with Gasteiger partial charge in [-0.25, -0.2) is 0 Å². The van der Waals surface area contributed by atoms with Gasteiger partial charge in [0.05, 0.1) is 5.02 Å². The van der Waals surface area contributed by atoms with Gasteiger partial charge in [-0.05, 0) is 64.8 Å². The molecular formula is C14H11BrClNO2. The quantitative estimate of drug-likeness (QED) is 0.853. The lowest BCUT2D eigenvalue weighted by atomic mass is 10.1. The number of anilines is 1. The van der Waals surface area contributed by atoms with Crippen molar-refractivity contribution in [2.45, 2.75) is 6.92 Å². The number of carbonyl (C=O) groups is 1. The SMILES string of the molecule is Cc1cc(C(=O)Nc2ccc(Br)c(Cl)c2)ccc1O. The number of phenols is 1. The van der Waals surface area contributed by atoms with Gasteiger partial charge >= 0.3 is 0 Å². The molecule has 0 fully saturated rings. The number of hydrogen-bond acceptors (Lipinski definition) is 2. The Morgan fingerprint density at radius 1 is 1.26 bits per heavy atom. The summed E-state index contributed by atoms with van der Waals surface area (Å²) in [5.41, 5.74) is 1.75. The summed E-state index contributed by atoms with van der Waals surface area (Å²) >= 11 is 9.24. The van der Waals surface area contributed by atoms with Gasteiger partial charge in [-0.15, -0.1) is 0 Å². The zero-order valence-corrected chi connectivity index (χ0v) is 12.4. The van der Waals surface area contributed by atoms with E-state index in [1.807, 2.05) is 0 Å². The third-order valence-electron chi connectivity index (χ3n) is 2.64. The minimum absolute atomic E-state index is 0.170. The first kappa shape index (κ1) is 13.9. The van der Waals surface area contributed by atoms with Gasteiger partial charge in [0, 0.05) is 15.7 Å². The topological polar surface area (TPSA) is 49.3 Å². The van der Waals surface area contributed by atoms with Crippen LogP contribution in [0.25, 0.3) is 0 Å². The monoisotopic (exact) mass is 339 g/mol. The fourth-order valence-electron chi connectivity index (χ4n) is 1.57. The molecule has 2 aromatic rings. The second-order valence-electron chi connectivity index (χ2n) is 4.08. The largest absolute Gasteiger partial charge is 0.508 e. The average Bonchev–Trinajstić information content (AvgIpc) is 2.37. The van der Waals surface area contributed by atoms with Crippen LogP contribution in [0.2, 0.25) is 5.02 Å². The third kappa shape index (κ3) is 3.28. The fourth-order valence-corrected chi connectivity index (χ4v) is 2.00. The van der Waals surface area contributed by atoms with Crippen molar-refractivity contribution in [2.24, 2.45) is 0 Å². The highest BCUT2D eigenvalue weighted by Crippen LogP contribution is 2.26. The normalized spacial score (nSPS) is 10.3. The minimum Gasteiger partial charge on any atom is -0.508 e. The maximum Gasteiger partial charge on any atom is 0.255 e. The predicted octanol–water partition coefficient (Wildman–Crippen LogP) is 4.37. The summed E-state index contributed by atoms with van der Waals surface area (Å²) in [5, 5.41) is 12.7. The van der Waals surface area contributed by atoms with E-state index in [1.54, 1.807) is 37.3 Å². The molecule has 0 atom stereocenters. The lowest BCUT2D eigenvalue weighted by molar-refractivity contribution is 0.102. The highest BCUT2D eigenvalue weighted by atomic mass is 79.9. The summed E-state index contributed by atoms with van der Waals surface area (Å²) in [5.74, 6) is -0.0790. The Morgan fingerprint density at radius 3 is 2.63 bits per heavy atom. The van der Waals surface area contributed by atoms with E-state index in [-0.39, 0.29) is 11.7 Å². The van der Waals surface area contributed by atoms with Crippen molar-refractivity contribution in [1.29, 1.82) is 0 Å². The Kier molecular flexibility index (Phi) is 4.12. The Hall–Kier alpha value is -1.52. The van der Waals surface area contributed by atoms with E-state index in [0.29, 0.717) is 21.8 Å². The Labute approximate surface area is 124 Å². The smallest absolute Gasteiger partial charge is 0.255 e. The molecule has 0 spiro atoms. The molecule has 2 aromatic carbocycles. The van der Waals surface area contributed by atoms with Crippen molar-refractivity contribution < 1.29 is 9.90 Å². The molecule has 0 bridgehead atoms. The van der Waals surface area contributed by atoms with Gasteiger partial charge < -0.3 is 10.4 Å². The molecule has 2 N–H and O–H groups in total. The number of halogens is 2. The molecule has 0 unspecified atom stereocenters. The van der Waals surface area contributed by atoms with Crippen molar-refractivity contribution in [2.75, 3.05) is 5.32 Å². The Morgan fingerprint density at radius 2 is 2.00 bits per heavy atom. The molecule has 0 aliphatic rings. The van der Waals surface area contributed by atoms with E-state index in [1.165, 1.54) is 6.07 Å². The number of phenolic OH excluding ortho intramolecular Hbond substituents is 1. The number of carbonyl (C=O) groups excluding carboxylic acids is 1. The van der Waals surface area contributed by atoms with Crippen LogP contribution in [0.5, 0.6) is 5.75 Å². The number of aryl methyl sites for hydroxylation is 1. The van der Waals surface area contributed by atoms with Crippen molar-refractivity contribution in [3.05, 3.63) is 57.0 Å². The predicted molar refractivity (Wildman–Crippen MR) is 79.9 cm³/mol. The van der Waals surface area contributed by atoms with Gasteiger partial charge in [-0.3, -0.25) is 4.79 Å². The third-order valence-corrected chi connectivity index (χ3v) is 3.87. The molecule has 98 valence electrons. The number of hydrogen-bond donors (Lipinski definition) is 2. The van der Waals surface area contributed by atoms with Crippen LogP contribution in [0, 0.1) is 6.92 Å². The maximum absolute atomic E-state index is 12.0. The van der Waals surface area contributed by atoms with Crippen LogP contribution in [0.15, 0.2) is 40.9 Å². The van der Waals surface area contributed by atoms with Crippen LogP contribution in [-0.4, -0.2) is 11.0 Å². The second kappa shape index (κ2) is 5.63. The van der Waals surface area contributed by atoms with Gasteiger partial charge in [0.15, 0.2) is 0 Å². The molecule has 0 aliphatic carbocycles. The van der Waals surface area contributed by atoms with E-state index >= 15 is 0 Å². The van der Waals surface area contributed by atoms with Gasteiger partial charge in [0.25, 0.3) is 5.91 Å². The van der Waals surface area contributed by atoms with Crippen molar-refractivity contribution in [3.8, 4) is 5.75 Å². The summed E-state index contributed by atoms with van der Waals surface area (Å²) in [6.07, 6.45) is 0. The van der Waals surface area contributed by atoms with Gasteiger partial charge in [0.2, 0.25) is 0 Å². The summed E-state index contributed by atoms with van der Waals surface area (Å²) in [6, 6.07) is 9.88. The molecule has 1 amide bonds. The van der Waals surface area contributed by atoms with Crippen LogP contribution >= 0.6 is 27.5 Å². The standard InChI is InChI=1S/C14H11BrClNO2/c1-8-6-9(2-5-13(8)18)14(19)17-10-3-4-11(15)12(16)7-10/h2-7,18H,1H3,(H,17,19).